The van der Waals surface area contributed by atoms with Gasteiger partial charge in [-0.3, -0.25) is 15.1 Å². The Hall–Kier alpha value is -2.45. The zero-order chi connectivity index (χ0) is 22.0. The second-order valence-corrected chi connectivity index (χ2v) is 7.81. The van der Waals surface area contributed by atoms with Crippen LogP contribution in [-0.4, -0.2) is 46.0 Å². The van der Waals surface area contributed by atoms with Crippen LogP contribution in [0.2, 0.25) is 0 Å². The monoisotopic (exact) mass is 563 g/mol. The van der Waals surface area contributed by atoms with Gasteiger partial charge >= 0.3 is 0 Å². The average Bonchev–Trinajstić information content (AvgIpc) is 2.74. The van der Waals surface area contributed by atoms with Gasteiger partial charge in [-0.1, -0.05) is 24.3 Å². The molecule has 10 nitrogen and oxygen atoms in total. The Morgan fingerprint density at radius 2 is 1.87 bits per heavy atom. The summed E-state index contributed by atoms with van der Waals surface area (Å²) in [5.41, 5.74) is 0.682. The number of nitrogens with zero attached hydrogens (tertiary/aromatic N) is 2. The maximum absolute atomic E-state index is 12.3. The summed E-state index contributed by atoms with van der Waals surface area (Å²) in [6.07, 6.45) is 0. The van der Waals surface area contributed by atoms with Crippen molar-refractivity contribution < 1.29 is 18.1 Å². The Kier molecular flexibility index (Phi) is 11.2. The molecule has 0 aromatic heterocycles. The van der Waals surface area contributed by atoms with Crippen LogP contribution in [0.3, 0.4) is 0 Å². The van der Waals surface area contributed by atoms with E-state index in [9.17, 15) is 18.5 Å². The second kappa shape index (κ2) is 13.1. The number of para-hydroxylation sites is 1. The number of halogens is 1. The highest BCUT2D eigenvalue weighted by molar-refractivity contribution is 14.0. The van der Waals surface area contributed by atoms with E-state index in [0.29, 0.717) is 19.1 Å². The van der Waals surface area contributed by atoms with E-state index in [1.54, 1.807) is 7.05 Å². The molecule has 2 rings (SSSR count). The van der Waals surface area contributed by atoms with Gasteiger partial charge in [-0.2, -0.15) is 0 Å². The molecule has 2 aromatic rings. The summed E-state index contributed by atoms with van der Waals surface area (Å²) in [4.78, 5) is 14.1. The number of nitrogens with one attached hydrogen (secondary N) is 3. The topological polar surface area (TPSA) is 135 Å². The van der Waals surface area contributed by atoms with E-state index in [1.165, 1.54) is 18.2 Å². The molecule has 0 unspecified atom stereocenters. The maximum Gasteiger partial charge on any atom is 0.270 e. The average molecular weight is 563 g/mol. The summed E-state index contributed by atoms with van der Waals surface area (Å²) in [5, 5.41) is 17.0. The van der Waals surface area contributed by atoms with E-state index in [0.717, 1.165) is 17.4 Å². The fraction of sp³-hybridized carbons (Fsp3) is 0.316. The first-order valence-corrected chi connectivity index (χ1v) is 10.7. The van der Waals surface area contributed by atoms with Crippen LogP contribution >= 0.6 is 24.0 Å². The fourth-order valence-electron chi connectivity index (χ4n) is 2.56. The number of benzene rings is 2. The van der Waals surface area contributed by atoms with Gasteiger partial charge in [0.05, 0.1) is 16.4 Å². The smallest absolute Gasteiger partial charge is 0.270 e. The number of hydrogen-bond donors (Lipinski definition) is 3. The summed E-state index contributed by atoms with van der Waals surface area (Å²) in [7, 11) is -2.25. The standard InChI is InChI=1S/C19H25N5O5S.HI/c1-3-29-18-10-5-4-7-15(18)14-22-19(20-2)21-11-12-23-30(27,28)17-9-6-8-16(13-17)24(25)26;/h4-10,13,23H,3,11-12,14H2,1-2H3,(H2,20,21,22);1H. The molecule has 0 saturated carbocycles. The predicted molar refractivity (Wildman–Crippen MR) is 130 cm³/mol. The molecule has 170 valence electrons. The second-order valence-electron chi connectivity index (χ2n) is 6.05. The lowest BCUT2D eigenvalue weighted by molar-refractivity contribution is -0.385. The number of ether oxygens (including phenoxy) is 1. The van der Waals surface area contributed by atoms with Crippen LogP contribution in [0.1, 0.15) is 12.5 Å². The number of sulfonamides is 1. The third kappa shape index (κ3) is 8.30. The third-order valence-electron chi connectivity index (χ3n) is 3.99. The van der Waals surface area contributed by atoms with Gasteiger partial charge in [0.1, 0.15) is 5.75 Å². The molecule has 0 spiro atoms. The molecule has 0 atom stereocenters. The lowest BCUT2D eigenvalue weighted by Crippen LogP contribution is -2.41. The van der Waals surface area contributed by atoms with Gasteiger partial charge in [0.25, 0.3) is 5.69 Å². The van der Waals surface area contributed by atoms with Crippen molar-refractivity contribution in [1.82, 2.24) is 15.4 Å². The van der Waals surface area contributed by atoms with E-state index in [1.807, 2.05) is 31.2 Å². The molecule has 0 radical (unpaired) electrons. The number of aliphatic imine (C=N–C) groups is 1. The summed E-state index contributed by atoms with van der Waals surface area (Å²) in [6.45, 7) is 3.30. The van der Waals surface area contributed by atoms with Crippen LogP contribution in [0.5, 0.6) is 5.75 Å². The molecule has 0 fully saturated rings. The molecule has 0 heterocycles. The normalized spacial score (nSPS) is 11.4. The highest BCUT2D eigenvalue weighted by Crippen LogP contribution is 2.18. The molecule has 3 N–H and O–H groups in total. The lowest BCUT2D eigenvalue weighted by atomic mass is 10.2. The molecular weight excluding hydrogens is 537 g/mol. The van der Waals surface area contributed by atoms with Crippen LogP contribution in [0.4, 0.5) is 5.69 Å². The van der Waals surface area contributed by atoms with Crippen LogP contribution in [0.25, 0.3) is 0 Å². The summed E-state index contributed by atoms with van der Waals surface area (Å²) in [6, 6.07) is 12.5. The Labute approximate surface area is 198 Å². The van der Waals surface area contributed by atoms with Crippen LogP contribution in [0.15, 0.2) is 58.4 Å². The van der Waals surface area contributed by atoms with E-state index in [2.05, 4.69) is 20.3 Å². The fourth-order valence-corrected chi connectivity index (χ4v) is 3.63. The van der Waals surface area contributed by atoms with Crippen LogP contribution in [0, 0.1) is 10.1 Å². The number of non-ortho nitro benzene ring substituents is 1. The largest absolute Gasteiger partial charge is 0.494 e. The zero-order valence-corrected chi connectivity index (χ0v) is 20.3. The molecule has 0 aliphatic heterocycles. The van der Waals surface area contributed by atoms with Crippen molar-refractivity contribution in [3.8, 4) is 5.75 Å². The molecule has 0 aliphatic rings. The predicted octanol–water partition coefficient (Wildman–Crippen LogP) is 2.26. The molecule has 31 heavy (non-hydrogen) atoms. The number of nitro groups is 1. The van der Waals surface area contributed by atoms with Gasteiger partial charge in [0.2, 0.25) is 10.0 Å². The highest BCUT2D eigenvalue weighted by atomic mass is 127. The maximum atomic E-state index is 12.3. The number of nitro benzene ring substituents is 1. The van der Waals surface area contributed by atoms with Crippen molar-refractivity contribution in [3.63, 3.8) is 0 Å². The lowest BCUT2D eigenvalue weighted by Gasteiger charge is -2.14. The minimum Gasteiger partial charge on any atom is -0.494 e. The first-order chi connectivity index (χ1) is 14.4. The molecule has 0 aliphatic carbocycles. The van der Waals surface area contributed by atoms with Gasteiger partial charge in [-0.05, 0) is 19.1 Å². The van der Waals surface area contributed by atoms with Gasteiger partial charge < -0.3 is 15.4 Å². The minimum atomic E-state index is -3.86. The summed E-state index contributed by atoms with van der Waals surface area (Å²) >= 11 is 0. The van der Waals surface area contributed by atoms with E-state index >= 15 is 0 Å². The first-order valence-electron chi connectivity index (χ1n) is 9.26. The zero-order valence-electron chi connectivity index (χ0n) is 17.2. The van der Waals surface area contributed by atoms with Crippen molar-refractivity contribution in [2.45, 2.75) is 18.4 Å². The highest BCUT2D eigenvalue weighted by Gasteiger charge is 2.17. The number of hydrogen-bond acceptors (Lipinski definition) is 6. The third-order valence-corrected chi connectivity index (χ3v) is 5.45. The summed E-state index contributed by atoms with van der Waals surface area (Å²) in [5.74, 6) is 1.28. The quantitative estimate of drug-likeness (QED) is 0.101. The Morgan fingerprint density at radius 1 is 1.13 bits per heavy atom. The molecule has 0 bridgehead atoms. The Morgan fingerprint density at radius 3 is 2.55 bits per heavy atom. The molecule has 0 saturated heterocycles. The first kappa shape index (κ1) is 26.6. The van der Waals surface area contributed by atoms with Crippen molar-refractivity contribution >= 4 is 45.6 Å². The Balaban J connectivity index is 0.00000480. The van der Waals surface area contributed by atoms with Gasteiger partial charge in [-0.25, -0.2) is 13.1 Å². The van der Waals surface area contributed by atoms with Gasteiger partial charge in [0, 0.05) is 44.4 Å². The SMILES string of the molecule is CCOc1ccccc1CNC(=NC)NCCNS(=O)(=O)c1cccc([N+](=O)[O-])c1.I. The van der Waals surface area contributed by atoms with E-state index in [4.69, 9.17) is 4.74 Å². The molecular formula is C19H26IN5O5S. The van der Waals surface area contributed by atoms with E-state index in [-0.39, 0.29) is 47.6 Å². The molecule has 0 amide bonds. The van der Waals surface area contributed by atoms with Crippen LogP contribution in [-0.2, 0) is 16.6 Å². The van der Waals surface area contributed by atoms with Crippen molar-refractivity contribution in [2.75, 3.05) is 26.7 Å². The van der Waals surface area contributed by atoms with Gasteiger partial charge in [-0.15, -0.1) is 24.0 Å². The number of rotatable bonds is 10. The Bertz CT molecular complexity index is 1000. The van der Waals surface area contributed by atoms with Crippen molar-refractivity contribution in [1.29, 1.82) is 0 Å². The summed E-state index contributed by atoms with van der Waals surface area (Å²) < 4.78 is 32.6. The van der Waals surface area contributed by atoms with Crippen molar-refractivity contribution in [2.24, 2.45) is 4.99 Å². The molecule has 2 aromatic carbocycles. The van der Waals surface area contributed by atoms with Gasteiger partial charge in [0.15, 0.2) is 5.96 Å². The van der Waals surface area contributed by atoms with Crippen molar-refractivity contribution in [3.05, 3.63) is 64.2 Å². The molecule has 12 heteroatoms. The number of guanidine groups is 1. The van der Waals surface area contributed by atoms with Crippen LogP contribution < -0.4 is 20.1 Å². The van der Waals surface area contributed by atoms with E-state index < -0.39 is 14.9 Å². The minimum absolute atomic E-state index is 0.